The van der Waals surface area contributed by atoms with E-state index in [0.29, 0.717) is 23.8 Å². The molecule has 0 aliphatic rings. The SMILES string of the molecule is CCOC(C)=Cc1oc2cc(NS(C)(=O)=O)ccc2[n+]1CC. The molecule has 1 heterocycles. The van der Waals surface area contributed by atoms with Gasteiger partial charge >= 0.3 is 5.89 Å². The van der Waals surface area contributed by atoms with E-state index in [4.69, 9.17) is 9.15 Å². The Morgan fingerprint density at radius 1 is 1.41 bits per heavy atom. The zero-order valence-electron chi connectivity index (χ0n) is 13.2. The Kier molecular flexibility index (Phi) is 4.75. The van der Waals surface area contributed by atoms with Crippen LogP contribution >= 0.6 is 0 Å². The molecule has 0 saturated heterocycles. The molecular weight excluding hydrogens is 304 g/mol. The molecule has 0 spiro atoms. The van der Waals surface area contributed by atoms with Crippen molar-refractivity contribution < 1.29 is 22.1 Å². The van der Waals surface area contributed by atoms with E-state index in [1.165, 1.54) is 0 Å². The molecular formula is C15H21N2O4S+. The van der Waals surface area contributed by atoms with Gasteiger partial charge in [-0.1, -0.05) is 0 Å². The molecule has 2 rings (SSSR count). The molecule has 0 atom stereocenters. The molecule has 1 N–H and O–H groups in total. The largest absolute Gasteiger partial charge is 0.498 e. The highest BCUT2D eigenvalue weighted by atomic mass is 32.2. The van der Waals surface area contributed by atoms with Gasteiger partial charge in [-0.3, -0.25) is 4.72 Å². The number of hydrogen-bond donors (Lipinski definition) is 1. The third-order valence-electron chi connectivity index (χ3n) is 3.05. The van der Waals surface area contributed by atoms with Gasteiger partial charge in [-0.2, -0.15) is 4.57 Å². The van der Waals surface area contributed by atoms with Crippen LogP contribution in [0, 0.1) is 0 Å². The number of aryl methyl sites for hydroxylation is 1. The second-order valence-electron chi connectivity index (χ2n) is 4.93. The normalized spacial score (nSPS) is 12.6. The maximum Gasteiger partial charge on any atom is 0.377 e. The highest BCUT2D eigenvalue weighted by Crippen LogP contribution is 2.21. The van der Waals surface area contributed by atoms with E-state index in [-0.39, 0.29) is 0 Å². The summed E-state index contributed by atoms with van der Waals surface area (Å²) in [7, 11) is -3.31. The van der Waals surface area contributed by atoms with Crippen LogP contribution in [0.5, 0.6) is 0 Å². The van der Waals surface area contributed by atoms with Crippen LogP contribution < -0.4 is 9.29 Å². The number of hydrogen-bond acceptors (Lipinski definition) is 4. The fourth-order valence-corrected chi connectivity index (χ4v) is 2.81. The zero-order chi connectivity index (χ0) is 16.3. The lowest BCUT2D eigenvalue weighted by Crippen LogP contribution is -2.33. The standard InChI is InChI=1S/C15H21N2O4S/c1-5-17-13-8-7-12(16-22(4,18)19)10-14(13)21-15(17)9-11(3)20-6-2/h7-10,16H,5-6H2,1-4H3/q+1. The van der Waals surface area contributed by atoms with Crippen molar-refractivity contribution >= 4 is 32.9 Å². The first kappa shape index (κ1) is 16.4. The van der Waals surface area contributed by atoms with Crippen molar-refractivity contribution in [1.29, 1.82) is 0 Å². The summed E-state index contributed by atoms with van der Waals surface area (Å²) in [5.74, 6) is 1.43. The second kappa shape index (κ2) is 6.39. The van der Waals surface area contributed by atoms with Crippen LogP contribution in [-0.2, 0) is 21.3 Å². The average molecular weight is 325 g/mol. The monoisotopic (exact) mass is 325 g/mol. The number of allylic oxidation sites excluding steroid dienone is 1. The molecule has 1 aromatic carbocycles. The highest BCUT2D eigenvalue weighted by Gasteiger charge is 2.20. The molecule has 6 nitrogen and oxygen atoms in total. The lowest BCUT2D eigenvalue weighted by molar-refractivity contribution is -0.674. The molecule has 0 amide bonds. The Morgan fingerprint density at radius 2 is 2.14 bits per heavy atom. The van der Waals surface area contributed by atoms with Gasteiger partial charge in [0.05, 0.1) is 24.6 Å². The lowest BCUT2D eigenvalue weighted by atomic mass is 10.3. The van der Waals surface area contributed by atoms with Gasteiger partial charge in [0.15, 0.2) is 0 Å². The molecule has 0 aliphatic carbocycles. The predicted octanol–water partition coefficient (Wildman–Crippen LogP) is 2.51. The van der Waals surface area contributed by atoms with Crippen molar-refractivity contribution in [1.82, 2.24) is 0 Å². The third kappa shape index (κ3) is 3.79. The number of aromatic nitrogens is 1. The van der Waals surface area contributed by atoms with Crippen LogP contribution in [0.2, 0.25) is 0 Å². The predicted molar refractivity (Wildman–Crippen MR) is 85.8 cm³/mol. The summed E-state index contributed by atoms with van der Waals surface area (Å²) in [4.78, 5) is 0. The van der Waals surface area contributed by atoms with Gasteiger partial charge in [-0.25, -0.2) is 8.42 Å². The van der Waals surface area contributed by atoms with Crippen LogP contribution in [0.3, 0.4) is 0 Å². The zero-order valence-corrected chi connectivity index (χ0v) is 14.0. The van der Waals surface area contributed by atoms with Gasteiger partial charge < -0.3 is 9.15 Å². The average Bonchev–Trinajstić information content (AvgIpc) is 2.73. The fraction of sp³-hybridized carbons (Fsp3) is 0.400. The first-order valence-electron chi connectivity index (χ1n) is 7.09. The Hall–Kier alpha value is -2.02. The number of nitrogens with one attached hydrogen (secondary N) is 1. The summed E-state index contributed by atoms with van der Waals surface area (Å²) >= 11 is 0. The van der Waals surface area contributed by atoms with Gasteiger partial charge in [0, 0.05) is 12.1 Å². The first-order chi connectivity index (χ1) is 10.3. The van der Waals surface area contributed by atoms with E-state index in [2.05, 4.69) is 4.72 Å². The number of rotatable bonds is 6. The second-order valence-corrected chi connectivity index (χ2v) is 6.68. The van der Waals surface area contributed by atoms with Crippen LogP contribution in [0.4, 0.5) is 5.69 Å². The minimum absolute atomic E-state index is 0.476. The van der Waals surface area contributed by atoms with E-state index < -0.39 is 10.0 Å². The van der Waals surface area contributed by atoms with Gasteiger partial charge in [0.2, 0.25) is 15.6 Å². The van der Waals surface area contributed by atoms with E-state index in [0.717, 1.165) is 24.1 Å². The van der Waals surface area contributed by atoms with Crippen molar-refractivity contribution in [2.75, 3.05) is 17.6 Å². The Bertz CT molecular complexity index is 806. The number of sulfonamides is 1. The van der Waals surface area contributed by atoms with Crippen molar-refractivity contribution in [3.63, 3.8) is 0 Å². The Labute approximate surface area is 130 Å². The number of nitrogens with zero attached hydrogens (tertiary/aromatic N) is 1. The number of anilines is 1. The Balaban J connectivity index is 2.49. The topological polar surface area (TPSA) is 72.4 Å². The molecule has 0 radical (unpaired) electrons. The molecule has 1 aromatic heterocycles. The first-order valence-corrected chi connectivity index (χ1v) is 8.98. The maximum absolute atomic E-state index is 11.3. The Morgan fingerprint density at radius 3 is 2.73 bits per heavy atom. The van der Waals surface area contributed by atoms with E-state index in [1.54, 1.807) is 12.1 Å². The van der Waals surface area contributed by atoms with Crippen LogP contribution in [0.15, 0.2) is 28.4 Å². The van der Waals surface area contributed by atoms with Crippen molar-refractivity contribution in [2.45, 2.75) is 27.3 Å². The minimum atomic E-state index is -3.31. The molecule has 7 heteroatoms. The molecule has 0 saturated carbocycles. The summed E-state index contributed by atoms with van der Waals surface area (Å²) in [6, 6.07) is 5.23. The quantitative estimate of drug-likeness (QED) is 0.654. The molecule has 0 aliphatic heterocycles. The smallest absolute Gasteiger partial charge is 0.377 e. The summed E-state index contributed by atoms with van der Waals surface area (Å²) in [5, 5.41) is 0. The molecule has 2 aromatic rings. The third-order valence-corrected chi connectivity index (χ3v) is 3.66. The van der Waals surface area contributed by atoms with E-state index in [1.807, 2.05) is 37.5 Å². The molecule has 0 unspecified atom stereocenters. The van der Waals surface area contributed by atoms with Crippen LogP contribution in [0.1, 0.15) is 26.7 Å². The van der Waals surface area contributed by atoms with Gasteiger partial charge in [0.1, 0.15) is 12.3 Å². The molecule has 22 heavy (non-hydrogen) atoms. The van der Waals surface area contributed by atoms with Gasteiger partial charge in [-0.05, 0) is 26.8 Å². The fourth-order valence-electron chi connectivity index (χ4n) is 2.26. The van der Waals surface area contributed by atoms with Crippen molar-refractivity contribution in [3.05, 3.63) is 29.8 Å². The van der Waals surface area contributed by atoms with Crippen molar-refractivity contribution in [3.8, 4) is 0 Å². The maximum atomic E-state index is 11.3. The molecule has 0 bridgehead atoms. The number of fused-ring (bicyclic) bond motifs is 1. The summed E-state index contributed by atoms with van der Waals surface area (Å²) < 4.78 is 38.3. The number of ether oxygens (including phenoxy) is 1. The molecule has 120 valence electrons. The summed E-state index contributed by atoms with van der Waals surface area (Å²) in [6.07, 6.45) is 2.95. The summed E-state index contributed by atoms with van der Waals surface area (Å²) in [5.41, 5.74) is 1.99. The number of benzene rings is 1. The van der Waals surface area contributed by atoms with E-state index >= 15 is 0 Å². The van der Waals surface area contributed by atoms with Gasteiger partial charge in [-0.15, -0.1) is 0 Å². The van der Waals surface area contributed by atoms with E-state index in [9.17, 15) is 8.42 Å². The summed E-state index contributed by atoms with van der Waals surface area (Å²) in [6.45, 7) is 7.14. The van der Waals surface area contributed by atoms with Crippen LogP contribution in [-0.4, -0.2) is 21.3 Å². The number of oxazole rings is 1. The molecule has 0 fully saturated rings. The minimum Gasteiger partial charge on any atom is -0.498 e. The highest BCUT2D eigenvalue weighted by molar-refractivity contribution is 7.92. The van der Waals surface area contributed by atoms with Gasteiger partial charge in [0.25, 0.3) is 5.52 Å². The lowest BCUT2D eigenvalue weighted by Gasteiger charge is -2.01. The van der Waals surface area contributed by atoms with Crippen molar-refractivity contribution in [2.24, 2.45) is 0 Å². The van der Waals surface area contributed by atoms with Crippen LogP contribution in [0.25, 0.3) is 17.2 Å².